The Labute approximate surface area is 126 Å². The van der Waals surface area contributed by atoms with Crippen LogP contribution in [-0.2, 0) is 6.42 Å². The molecule has 0 unspecified atom stereocenters. The molecule has 3 nitrogen and oxygen atoms in total. The Morgan fingerprint density at radius 2 is 1.38 bits per heavy atom. The Balaban J connectivity index is 2.74. The Morgan fingerprint density at radius 1 is 0.857 bits per heavy atom. The molecular formula is C18H24N2O. The molecule has 0 heterocycles. The maximum absolute atomic E-state index is 9.37. The van der Waals surface area contributed by atoms with Crippen LogP contribution in [0.1, 0.15) is 27.8 Å². The van der Waals surface area contributed by atoms with Gasteiger partial charge >= 0.3 is 0 Å². The molecule has 2 aromatic carbocycles. The molecule has 0 aliphatic carbocycles. The van der Waals surface area contributed by atoms with E-state index in [4.69, 9.17) is 11.5 Å². The topological polar surface area (TPSA) is 72.3 Å². The summed E-state index contributed by atoms with van der Waals surface area (Å²) in [6.45, 7) is 8.20. The highest BCUT2D eigenvalue weighted by Gasteiger charge is 2.14. The van der Waals surface area contributed by atoms with Gasteiger partial charge in [-0.2, -0.15) is 0 Å². The third-order valence-electron chi connectivity index (χ3n) is 4.23. The molecule has 0 amide bonds. The van der Waals surface area contributed by atoms with Crippen molar-refractivity contribution < 1.29 is 5.11 Å². The van der Waals surface area contributed by atoms with E-state index in [2.05, 4.69) is 18.2 Å². The fourth-order valence-electron chi connectivity index (χ4n) is 2.86. The molecule has 0 spiro atoms. The van der Waals surface area contributed by atoms with Crippen LogP contribution in [0.3, 0.4) is 0 Å². The minimum atomic E-state index is 0.114. The van der Waals surface area contributed by atoms with Gasteiger partial charge in [0.2, 0.25) is 0 Å². The summed E-state index contributed by atoms with van der Waals surface area (Å²) < 4.78 is 0. The molecular weight excluding hydrogens is 260 g/mol. The van der Waals surface area contributed by atoms with E-state index >= 15 is 0 Å². The first-order valence-corrected chi connectivity index (χ1v) is 7.23. The quantitative estimate of drug-likeness (QED) is 0.757. The van der Waals surface area contributed by atoms with Crippen molar-refractivity contribution in [2.75, 3.05) is 18.1 Å². The van der Waals surface area contributed by atoms with Gasteiger partial charge in [-0.15, -0.1) is 0 Å². The highest BCUT2D eigenvalue weighted by molar-refractivity contribution is 5.77. The first-order valence-electron chi connectivity index (χ1n) is 7.23. The molecule has 21 heavy (non-hydrogen) atoms. The molecule has 0 radical (unpaired) electrons. The Kier molecular flexibility index (Phi) is 4.24. The number of aryl methyl sites for hydroxylation is 3. The van der Waals surface area contributed by atoms with Gasteiger partial charge in [-0.05, 0) is 91.3 Å². The summed E-state index contributed by atoms with van der Waals surface area (Å²) in [5.41, 5.74) is 21.5. The van der Waals surface area contributed by atoms with Crippen molar-refractivity contribution in [1.82, 2.24) is 0 Å². The van der Waals surface area contributed by atoms with Gasteiger partial charge in [0, 0.05) is 18.0 Å². The van der Waals surface area contributed by atoms with Gasteiger partial charge in [-0.3, -0.25) is 0 Å². The lowest BCUT2D eigenvalue weighted by Gasteiger charge is -2.18. The van der Waals surface area contributed by atoms with E-state index in [1.807, 2.05) is 27.7 Å². The second kappa shape index (κ2) is 5.78. The lowest BCUT2D eigenvalue weighted by molar-refractivity contribution is 0.299. The Hall–Kier alpha value is -2.00. The minimum absolute atomic E-state index is 0.114. The second-order valence-corrected chi connectivity index (χ2v) is 5.76. The summed E-state index contributed by atoms with van der Waals surface area (Å²) >= 11 is 0. The van der Waals surface area contributed by atoms with Crippen molar-refractivity contribution in [3.63, 3.8) is 0 Å². The zero-order chi connectivity index (χ0) is 15.7. The number of aliphatic hydroxyl groups excluding tert-OH is 1. The van der Waals surface area contributed by atoms with Crippen molar-refractivity contribution in [1.29, 1.82) is 0 Å². The monoisotopic (exact) mass is 284 g/mol. The molecule has 0 bridgehead atoms. The van der Waals surface area contributed by atoms with Gasteiger partial charge in [-0.1, -0.05) is 0 Å². The van der Waals surface area contributed by atoms with Crippen LogP contribution < -0.4 is 11.5 Å². The Morgan fingerprint density at radius 3 is 1.90 bits per heavy atom. The van der Waals surface area contributed by atoms with Crippen LogP contribution in [0.4, 0.5) is 11.4 Å². The largest absolute Gasteiger partial charge is 0.398 e. The van der Waals surface area contributed by atoms with Gasteiger partial charge < -0.3 is 16.6 Å². The molecule has 2 aromatic rings. The van der Waals surface area contributed by atoms with Crippen molar-refractivity contribution in [2.24, 2.45) is 0 Å². The lowest BCUT2D eigenvalue weighted by atomic mass is 9.89. The molecule has 0 aliphatic heterocycles. The molecule has 0 aliphatic rings. The van der Waals surface area contributed by atoms with Crippen LogP contribution in [0.5, 0.6) is 0 Å². The van der Waals surface area contributed by atoms with Crippen LogP contribution in [0.25, 0.3) is 11.1 Å². The van der Waals surface area contributed by atoms with Crippen LogP contribution in [0, 0.1) is 27.7 Å². The molecule has 0 fully saturated rings. The third-order valence-corrected chi connectivity index (χ3v) is 4.23. The molecule has 0 saturated heterocycles. The first-order chi connectivity index (χ1) is 9.86. The highest BCUT2D eigenvalue weighted by Crippen LogP contribution is 2.34. The number of rotatable bonds is 3. The van der Waals surface area contributed by atoms with E-state index in [1.165, 1.54) is 0 Å². The molecule has 112 valence electrons. The summed E-state index contributed by atoms with van der Waals surface area (Å²) in [6, 6.07) is 6.32. The lowest BCUT2D eigenvalue weighted by Crippen LogP contribution is -2.04. The number of hydrogen-bond acceptors (Lipinski definition) is 3. The smallest absolute Gasteiger partial charge is 0.0471 e. The summed E-state index contributed by atoms with van der Waals surface area (Å²) in [6.07, 6.45) is 0.605. The van der Waals surface area contributed by atoms with Crippen LogP contribution in [-0.4, -0.2) is 11.7 Å². The summed E-state index contributed by atoms with van der Waals surface area (Å²) in [7, 11) is 0. The van der Waals surface area contributed by atoms with E-state index in [9.17, 15) is 5.11 Å². The highest BCUT2D eigenvalue weighted by atomic mass is 16.2. The van der Waals surface area contributed by atoms with Crippen molar-refractivity contribution in [2.45, 2.75) is 34.1 Å². The van der Waals surface area contributed by atoms with Crippen LogP contribution in [0.2, 0.25) is 0 Å². The zero-order valence-electron chi connectivity index (χ0n) is 13.2. The SMILES string of the molecule is Cc1cc(-c2cc(C)c(N)c(C)c2CCO)cc(C)c1N. The number of nitrogen functional groups attached to an aromatic ring is 2. The molecule has 0 atom stereocenters. The Bertz CT molecular complexity index is 667. The average Bonchev–Trinajstić information content (AvgIpc) is 2.44. The van der Waals surface area contributed by atoms with E-state index < -0.39 is 0 Å². The molecule has 0 saturated carbocycles. The fraction of sp³-hybridized carbons (Fsp3) is 0.333. The molecule has 3 heteroatoms. The van der Waals surface area contributed by atoms with Gasteiger partial charge in [0.25, 0.3) is 0 Å². The van der Waals surface area contributed by atoms with Gasteiger partial charge in [0.05, 0.1) is 0 Å². The van der Waals surface area contributed by atoms with Crippen molar-refractivity contribution >= 4 is 11.4 Å². The van der Waals surface area contributed by atoms with E-state index in [1.54, 1.807) is 0 Å². The summed E-state index contributed by atoms with van der Waals surface area (Å²) in [5.74, 6) is 0. The predicted octanol–water partition coefficient (Wildman–Crippen LogP) is 3.29. The van der Waals surface area contributed by atoms with Gasteiger partial charge in [0.15, 0.2) is 0 Å². The molecule has 5 N–H and O–H groups in total. The molecule has 0 aromatic heterocycles. The molecule has 2 rings (SSSR count). The number of hydrogen-bond donors (Lipinski definition) is 3. The standard InChI is InChI=1S/C18H24N2O/c1-10-7-14(8-11(2)17(10)19)16-9-12(3)18(20)13(4)15(16)5-6-21/h7-9,21H,5-6,19-20H2,1-4H3. The van der Waals surface area contributed by atoms with Crippen LogP contribution >= 0.6 is 0 Å². The van der Waals surface area contributed by atoms with Gasteiger partial charge in [0.1, 0.15) is 0 Å². The number of aliphatic hydroxyl groups is 1. The minimum Gasteiger partial charge on any atom is -0.398 e. The first kappa shape index (κ1) is 15.4. The zero-order valence-corrected chi connectivity index (χ0v) is 13.2. The number of benzene rings is 2. The van der Waals surface area contributed by atoms with E-state index in [0.29, 0.717) is 6.42 Å². The number of anilines is 2. The maximum Gasteiger partial charge on any atom is 0.0471 e. The summed E-state index contributed by atoms with van der Waals surface area (Å²) in [5, 5.41) is 9.37. The van der Waals surface area contributed by atoms with E-state index in [0.717, 1.165) is 50.3 Å². The maximum atomic E-state index is 9.37. The number of nitrogens with two attached hydrogens (primary N) is 2. The predicted molar refractivity (Wildman–Crippen MR) is 90.4 cm³/mol. The van der Waals surface area contributed by atoms with E-state index in [-0.39, 0.29) is 6.61 Å². The summed E-state index contributed by atoms with van der Waals surface area (Å²) in [4.78, 5) is 0. The van der Waals surface area contributed by atoms with Crippen LogP contribution in [0.15, 0.2) is 18.2 Å². The van der Waals surface area contributed by atoms with Crippen molar-refractivity contribution in [3.8, 4) is 11.1 Å². The fourth-order valence-corrected chi connectivity index (χ4v) is 2.86. The van der Waals surface area contributed by atoms with Gasteiger partial charge in [-0.25, -0.2) is 0 Å². The third kappa shape index (κ3) is 2.74. The average molecular weight is 284 g/mol. The normalized spacial score (nSPS) is 10.9. The van der Waals surface area contributed by atoms with Crippen molar-refractivity contribution in [3.05, 3.63) is 46.0 Å². The second-order valence-electron chi connectivity index (χ2n) is 5.76.